The van der Waals surface area contributed by atoms with Gasteiger partial charge in [0.05, 0.1) is 0 Å². The number of nitrogens with one attached hydrogen (secondary N) is 1. The maximum atomic E-state index is 12.4. The second-order valence-electron chi connectivity index (χ2n) is 7.24. The van der Waals surface area contributed by atoms with Gasteiger partial charge in [0.25, 0.3) is 0 Å². The number of hydrogen-bond donors (Lipinski definition) is 1. The topological polar surface area (TPSA) is 75.4 Å². The van der Waals surface area contributed by atoms with E-state index in [0.29, 0.717) is 0 Å². The van der Waals surface area contributed by atoms with Crippen LogP contribution in [0.5, 0.6) is 0 Å². The first-order chi connectivity index (χ1) is 12.8. The summed E-state index contributed by atoms with van der Waals surface area (Å²) in [5.41, 5.74) is 2.26. The highest BCUT2D eigenvalue weighted by atomic mass is 16.1. The molecule has 138 valence electrons. The second-order valence-corrected chi connectivity index (χ2v) is 7.24. The van der Waals surface area contributed by atoms with E-state index < -0.39 is 0 Å². The zero-order valence-corrected chi connectivity index (χ0v) is 15.1. The summed E-state index contributed by atoms with van der Waals surface area (Å²) in [7, 11) is 0. The smallest absolute Gasteiger partial charge is 0.223 e. The van der Waals surface area contributed by atoms with Crippen LogP contribution >= 0.6 is 0 Å². The Morgan fingerprint density at radius 1 is 1.23 bits per heavy atom. The van der Waals surface area contributed by atoms with Crippen molar-refractivity contribution in [3.05, 3.63) is 30.1 Å². The molecule has 7 nitrogen and oxygen atoms in total. The fraction of sp³-hybridized carbons (Fsp3) is 0.579. The number of nitrogens with zero attached hydrogens (tertiary/aromatic N) is 5. The molecule has 1 amide bonds. The summed E-state index contributed by atoms with van der Waals surface area (Å²) in [5.74, 6) is 1.24. The molecule has 0 radical (unpaired) electrons. The molecule has 1 fully saturated rings. The highest BCUT2D eigenvalue weighted by Crippen LogP contribution is 2.23. The van der Waals surface area contributed by atoms with Crippen LogP contribution in [0.15, 0.2) is 30.1 Å². The van der Waals surface area contributed by atoms with Crippen LogP contribution in [0.4, 0.5) is 5.82 Å². The van der Waals surface area contributed by atoms with E-state index in [1.165, 1.54) is 31.3 Å². The van der Waals surface area contributed by atoms with Crippen molar-refractivity contribution in [1.82, 2.24) is 25.1 Å². The van der Waals surface area contributed by atoms with Crippen molar-refractivity contribution >= 4 is 17.4 Å². The first-order valence-electron chi connectivity index (χ1n) is 9.67. The van der Waals surface area contributed by atoms with Crippen molar-refractivity contribution in [1.29, 1.82) is 0 Å². The number of amides is 1. The lowest BCUT2D eigenvalue weighted by atomic mass is 9.95. The van der Waals surface area contributed by atoms with E-state index in [9.17, 15) is 4.79 Å². The predicted molar refractivity (Wildman–Crippen MR) is 99.9 cm³/mol. The minimum absolute atomic E-state index is 0.116. The van der Waals surface area contributed by atoms with Gasteiger partial charge in [0, 0.05) is 25.6 Å². The third-order valence-electron chi connectivity index (χ3n) is 5.47. The fourth-order valence-electron chi connectivity index (χ4n) is 3.88. The van der Waals surface area contributed by atoms with E-state index in [1.807, 2.05) is 12.1 Å². The second kappa shape index (κ2) is 7.85. The number of carbonyl (C=O) groups is 1. The van der Waals surface area contributed by atoms with Crippen molar-refractivity contribution in [3.8, 4) is 0 Å². The van der Waals surface area contributed by atoms with Gasteiger partial charge in [-0.25, -0.2) is 0 Å². The molecule has 0 saturated carbocycles. The number of anilines is 1. The third kappa shape index (κ3) is 3.86. The third-order valence-corrected chi connectivity index (χ3v) is 5.47. The molecule has 2 aromatic heterocycles. The highest BCUT2D eigenvalue weighted by Gasteiger charge is 2.25. The molecular formula is C19H26N6O. The molecule has 2 aliphatic rings. The van der Waals surface area contributed by atoms with Crippen molar-refractivity contribution in [2.45, 2.75) is 44.9 Å². The van der Waals surface area contributed by atoms with Gasteiger partial charge >= 0.3 is 0 Å². The van der Waals surface area contributed by atoms with Crippen LogP contribution < -0.4 is 10.2 Å². The van der Waals surface area contributed by atoms with Gasteiger partial charge < -0.3 is 10.2 Å². The summed E-state index contributed by atoms with van der Waals surface area (Å²) >= 11 is 0. The molecule has 26 heavy (non-hydrogen) atoms. The number of piperidine rings is 1. The Hall–Kier alpha value is -2.44. The van der Waals surface area contributed by atoms with Crippen LogP contribution in [-0.4, -0.2) is 45.4 Å². The number of rotatable bonds is 5. The normalized spacial score (nSPS) is 18.8. The Balaban J connectivity index is 1.24. The van der Waals surface area contributed by atoms with Crippen LogP contribution in [0.1, 0.15) is 44.9 Å². The molecule has 3 heterocycles. The van der Waals surface area contributed by atoms with Gasteiger partial charge in [0.15, 0.2) is 5.65 Å². The van der Waals surface area contributed by atoms with E-state index in [2.05, 4.69) is 31.6 Å². The van der Waals surface area contributed by atoms with Gasteiger partial charge in [-0.15, -0.1) is 15.3 Å². The highest BCUT2D eigenvalue weighted by molar-refractivity contribution is 5.79. The Labute approximate surface area is 153 Å². The lowest BCUT2D eigenvalue weighted by Crippen LogP contribution is -2.41. The maximum absolute atomic E-state index is 12.4. The van der Waals surface area contributed by atoms with Gasteiger partial charge in [-0.05, 0) is 57.1 Å². The van der Waals surface area contributed by atoms with Gasteiger partial charge in [-0.3, -0.25) is 4.79 Å². The minimum Gasteiger partial charge on any atom is -0.356 e. The number of allylic oxidation sites excluding steroid dienone is 1. The van der Waals surface area contributed by atoms with Crippen molar-refractivity contribution in [3.63, 3.8) is 0 Å². The summed E-state index contributed by atoms with van der Waals surface area (Å²) in [6.07, 6.45) is 11.7. The first kappa shape index (κ1) is 17.0. The number of fused-ring (bicyclic) bond motifs is 1. The largest absolute Gasteiger partial charge is 0.356 e. The molecule has 1 N–H and O–H groups in total. The Kier molecular flexibility index (Phi) is 5.13. The van der Waals surface area contributed by atoms with Crippen molar-refractivity contribution < 1.29 is 4.79 Å². The lowest BCUT2D eigenvalue weighted by molar-refractivity contribution is -0.125. The van der Waals surface area contributed by atoms with Crippen LogP contribution in [0.2, 0.25) is 0 Å². The standard InChI is InChI=1S/C19H26N6O/c26-19(20-11-8-15-4-2-1-3-5-15)16-9-12-24(13-10-16)18-7-6-17-22-21-14-25(17)23-18/h4,6-7,14,16H,1-3,5,8-13H2,(H,20,26). The summed E-state index contributed by atoms with van der Waals surface area (Å²) in [6.45, 7) is 2.48. The monoisotopic (exact) mass is 354 g/mol. The zero-order valence-electron chi connectivity index (χ0n) is 15.1. The Bertz CT molecular complexity index is 790. The molecule has 1 aliphatic heterocycles. The summed E-state index contributed by atoms with van der Waals surface area (Å²) < 4.78 is 1.69. The molecule has 0 bridgehead atoms. The number of aromatic nitrogens is 4. The average Bonchev–Trinajstić information content (AvgIpc) is 3.17. The zero-order chi connectivity index (χ0) is 17.8. The van der Waals surface area contributed by atoms with Crippen LogP contribution in [0.3, 0.4) is 0 Å². The van der Waals surface area contributed by atoms with Crippen molar-refractivity contribution in [2.24, 2.45) is 5.92 Å². The van der Waals surface area contributed by atoms with Crippen LogP contribution in [0, 0.1) is 5.92 Å². The number of hydrogen-bond acceptors (Lipinski definition) is 5. The Morgan fingerprint density at radius 3 is 2.92 bits per heavy atom. The summed E-state index contributed by atoms with van der Waals surface area (Å²) in [6, 6.07) is 3.90. The molecule has 1 aliphatic carbocycles. The number of carbonyl (C=O) groups excluding carboxylic acids is 1. The van der Waals surface area contributed by atoms with E-state index in [4.69, 9.17) is 0 Å². The van der Waals surface area contributed by atoms with Crippen LogP contribution in [-0.2, 0) is 4.79 Å². The van der Waals surface area contributed by atoms with Gasteiger partial charge in [0.2, 0.25) is 5.91 Å². The maximum Gasteiger partial charge on any atom is 0.223 e. The quantitative estimate of drug-likeness (QED) is 0.834. The molecular weight excluding hydrogens is 328 g/mol. The predicted octanol–water partition coefficient (Wildman–Crippen LogP) is 2.35. The van der Waals surface area contributed by atoms with E-state index in [1.54, 1.807) is 10.8 Å². The van der Waals surface area contributed by atoms with Gasteiger partial charge in [0.1, 0.15) is 12.1 Å². The van der Waals surface area contributed by atoms with Crippen LogP contribution in [0.25, 0.3) is 5.65 Å². The van der Waals surface area contributed by atoms with Gasteiger partial charge in [-0.1, -0.05) is 11.6 Å². The SMILES string of the molecule is O=C(NCCC1=CCCCC1)C1CCN(c2ccc3nncn3n2)CC1. The van der Waals surface area contributed by atoms with Gasteiger partial charge in [-0.2, -0.15) is 4.52 Å². The molecule has 2 aromatic rings. The van der Waals surface area contributed by atoms with E-state index in [-0.39, 0.29) is 11.8 Å². The van der Waals surface area contributed by atoms with E-state index in [0.717, 1.165) is 50.4 Å². The molecule has 0 spiro atoms. The average molecular weight is 354 g/mol. The summed E-state index contributed by atoms with van der Waals surface area (Å²) in [4.78, 5) is 14.7. The first-order valence-corrected chi connectivity index (χ1v) is 9.67. The summed E-state index contributed by atoms with van der Waals surface area (Å²) in [5, 5.41) is 15.5. The molecule has 0 unspecified atom stereocenters. The van der Waals surface area contributed by atoms with Crippen molar-refractivity contribution in [2.75, 3.05) is 24.5 Å². The molecule has 1 saturated heterocycles. The Morgan fingerprint density at radius 2 is 2.12 bits per heavy atom. The lowest BCUT2D eigenvalue weighted by Gasteiger charge is -2.32. The molecule has 0 atom stereocenters. The molecule has 7 heteroatoms. The minimum atomic E-state index is 0.116. The fourth-order valence-corrected chi connectivity index (χ4v) is 3.88. The molecule has 4 rings (SSSR count). The molecule has 0 aromatic carbocycles. The van der Waals surface area contributed by atoms with E-state index >= 15 is 0 Å².